The van der Waals surface area contributed by atoms with Crippen molar-refractivity contribution in [2.24, 2.45) is 5.16 Å². The summed E-state index contributed by atoms with van der Waals surface area (Å²) in [7, 11) is 0. The topological polar surface area (TPSA) is 197 Å². The van der Waals surface area contributed by atoms with Crippen molar-refractivity contribution >= 4 is 57.9 Å². The molecule has 0 aliphatic carbocycles. The molecule has 1 fully saturated rings. The minimum Gasteiger partial charge on any atom is -0.478 e. The normalized spacial score (nSPS) is 20.5. The number of carboxylic acids is 2. The molecule has 1 aromatic carbocycles. The number of hydrogen-bond donors (Lipinski definition) is 4. The zero-order valence-electron chi connectivity index (χ0n) is 17.0. The number of benzene rings is 1. The number of carbonyl (C=O) groups is 4. The quantitative estimate of drug-likeness (QED) is 0.215. The third kappa shape index (κ3) is 4.42. The number of nitrogens with two attached hydrogens (primary N) is 1. The Bertz CT molecular complexity index is 1210. The number of aliphatic carboxylic acids is 2. The van der Waals surface area contributed by atoms with Gasteiger partial charge < -0.3 is 26.1 Å². The first-order chi connectivity index (χ1) is 16.3. The number of rotatable bonds is 8. The lowest BCUT2D eigenvalue weighted by molar-refractivity contribution is -0.151. The second-order valence-electron chi connectivity index (χ2n) is 6.91. The van der Waals surface area contributed by atoms with E-state index in [9.17, 15) is 29.4 Å². The van der Waals surface area contributed by atoms with E-state index in [0.717, 1.165) is 16.4 Å². The minimum atomic E-state index is -1.53. The van der Waals surface area contributed by atoms with Crippen LogP contribution in [0.25, 0.3) is 0 Å². The predicted octanol–water partition coefficient (Wildman–Crippen LogP) is 0.0353. The number of amides is 2. The Morgan fingerprint density at radius 1 is 1.26 bits per heavy atom. The Morgan fingerprint density at radius 3 is 2.62 bits per heavy atom. The van der Waals surface area contributed by atoms with Crippen LogP contribution >= 0.6 is 23.3 Å². The Kier molecular flexibility index (Phi) is 6.47. The standard InChI is InChI=1S/C19H16N6O7S2/c20-19-22-13(24-34-19)10(23-32-12(18(30)31)8-4-2-1-3-5-8)14(26)21-11-15(27)25-9(17(28)29)6-7-33-16(11)25/h1-6,11-12,16H,7H2,(H,21,26)(H,28,29)(H,30,31)(H2,20,22,24)/b23-10+/t11?,12?,16-/m1/s1. The Labute approximate surface area is 199 Å². The molecule has 0 saturated carbocycles. The summed E-state index contributed by atoms with van der Waals surface area (Å²) in [5.74, 6) is -4.01. The second-order valence-corrected chi connectivity index (χ2v) is 8.84. The molecule has 15 heteroatoms. The molecule has 13 nitrogen and oxygen atoms in total. The van der Waals surface area contributed by atoms with Gasteiger partial charge in [-0.05, 0) is 6.08 Å². The van der Waals surface area contributed by atoms with E-state index in [1.807, 2.05) is 0 Å². The van der Waals surface area contributed by atoms with E-state index in [1.165, 1.54) is 30.0 Å². The van der Waals surface area contributed by atoms with E-state index in [1.54, 1.807) is 18.2 Å². The summed E-state index contributed by atoms with van der Waals surface area (Å²) < 4.78 is 3.92. The van der Waals surface area contributed by atoms with Crippen LogP contribution in [0.5, 0.6) is 0 Å². The SMILES string of the molecule is Nc1nc(/C(=N\OC(C(=O)O)c2ccccc2)C(=O)NC2C(=O)N3C(C(=O)O)=CCS[C@H]23)ns1. The first kappa shape index (κ1) is 23.2. The van der Waals surface area contributed by atoms with Crippen molar-refractivity contribution in [3.63, 3.8) is 0 Å². The fourth-order valence-electron chi connectivity index (χ4n) is 3.24. The molecule has 2 amide bonds. The van der Waals surface area contributed by atoms with Crippen molar-refractivity contribution in [3.8, 4) is 0 Å². The number of oxime groups is 1. The highest BCUT2D eigenvalue weighted by Crippen LogP contribution is 2.37. The van der Waals surface area contributed by atoms with Crippen LogP contribution in [-0.2, 0) is 24.0 Å². The van der Waals surface area contributed by atoms with Crippen LogP contribution in [0.4, 0.5) is 5.13 Å². The molecule has 34 heavy (non-hydrogen) atoms. The molecular weight excluding hydrogens is 488 g/mol. The van der Waals surface area contributed by atoms with Crippen molar-refractivity contribution in [2.75, 3.05) is 11.5 Å². The van der Waals surface area contributed by atoms with Crippen LogP contribution in [0.15, 0.2) is 47.3 Å². The van der Waals surface area contributed by atoms with E-state index in [4.69, 9.17) is 10.6 Å². The number of carboxylic acid groups (broad SMARTS) is 2. The highest BCUT2D eigenvalue weighted by Gasteiger charge is 2.53. The van der Waals surface area contributed by atoms with Gasteiger partial charge in [0.25, 0.3) is 11.8 Å². The van der Waals surface area contributed by atoms with Crippen molar-refractivity contribution in [2.45, 2.75) is 17.5 Å². The Morgan fingerprint density at radius 2 is 2.00 bits per heavy atom. The van der Waals surface area contributed by atoms with Crippen molar-refractivity contribution in [1.29, 1.82) is 0 Å². The molecule has 0 bridgehead atoms. The fourth-order valence-corrected chi connectivity index (χ4v) is 4.87. The van der Waals surface area contributed by atoms with Crippen LogP contribution < -0.4 is 11.1 Å². The maximum absolute atomic E-state index is 13.0. The van der Waals surface area contributed by atoms with Gasteiger partial charge in [-0.1, -0.05) is 35.5 Å². The highest BCUT2D eigenvalue weighted by molar-refractivity contribution is 8.00. The maximum Gasteiger partial charge on any atom is 0.352 e. The molecule has 4 rings (SSSR count). The van der Waals surface area contributed by atoms with E-state index in [0.29, 0.717) is 5.75 Å². The first-order valence-electron chi connectivity index (χ1n) is 9.58. The first-order valence-corrected chi connectivity index (χ1v) is 11.4. The number of nitrogen functional groups attached to an aromatic ring is 1. The zero-order chi connectivity index (χ0) is 24.4. The summed E-state index contributed by atoms with van der Waals surface area (Å²) in [6.45, 7) is 0. The number of thioether (sulfide) groups is 1. The summed E-state index contributed by atoms with van der Waals surface area (Å²) >= 11 is 2.05. The second kappa shape index (κ2) is 9.48. The number of β-lactam (4-membered cyclic amide) rings is 1. The molecule has 176 valence electrons. The lowest BCUT2D eigenvalue weighted by Gasteiger charge is -2.48. The van der Waals surface area contributed by atoms with Crippen LogP contribution in [-0.4, -0.2) is 71.1 Å². The Hall–Kier alpha value is -3.98. The molecule has 2 aliphatic heterocycles. The van der Waals surface area contributed by atoms with E-state index in [2.05, 4.69) is 19.8 Å². The van der Waals surface area contributed by atoms with Gasteiger partial charge in [0.1, 0.15) is 17.1 Å². The summed E-state index contributed by atoms with van der Waals surface area (Å²) in [5.41, 5.74) is 5.23. The molecule has 3 atom stereocenters. The maximum atomic E-state index is 13.0. The number of fused-ring (bicyclic) bond motifs is 1. The van der Waals surface area contributed by atoms with Gasteiger partial charge in [-0.15, -0.1) is 11.8 Å². The molecular formula is C19H16N6O7S2. The van der Waals surface area contributed by atoms with Gasteiger partial charge in [-0.2, -0.15) is 9.36 Å². The van der Waals surface area contributed by atoms with Gasteiger partial charge in [0.2, 0.25) is 17.6 Å². The average molecular weight is 505 g/mol. The number of aromatic nitrogens is 2. The molecule has 2 aliphatic rings. The van der Waals surface area contributed by atoms with Crippen molar-refractivity contribution < 1.29 is 34.2 Å². The van der Waals surface area contributed by atoms with Gasteiger partial charge in [0, 0.05) is 22.8 Å². The molecule has 5 N–H and O–H groups in total. The number of carbonyl (C=O) groups excluding carboxylic acids is 2. The largest absolute Gasteiger partial charge is 0.478 e. The number of nitrogens with zero attached hydrogens (tertiary/aromatic N) is 4. The van der Waals surface area contributed by atoms with Crippen LogP contribution in [0.1, 0.15) is 17.5 Å². The van der Waals surface area contributed by atoms with E-state index in [-0.39, 0.29) is 22.2 Å². The summed E-state index contributed by atoms with van der Waals surface area (Å²) in [5, 5.41) is 24.4. The molecule has 1 saturated heterocycles. The monoisotopic (exact) mass is 504 g/mol. The van der Waals surface area contributed by atoms with Gasteiger partial charge in [-0.3, -0.25) is 14.5 Å². The number of nitrogens with one attached hydrogen (secondary N) is 1. The smallest absolute Gasteiger partial charge is 0.352 e. The minimum absolute atomic E-state index is 0.0262. The average Bonchev–Trinajstić information content (AvgIpc) is 3.25. The van der Waals surface area contributed by atoms with Gasteiger partial charge >= 0.3 is 11.9 Å². The van der Waals surface area contributed by atoms with Crippen LogP contribution in [0.3, 0.4) is 0 Å². The fraction of sp³-hybridized carbons (Fsp3) is 0.211. The molecule has 0 radical (unpaired) electrons. The summed E-state index contributed by atoms with van der Waals surface area (Å²) in [6, 6.07) is 6.92. The Balaban J connectivity index is 1.57. The third-order valence-corrected chi connectivity index (χ3v) is 6.52. The molecule has 1 aromatic heterocycles. The number of anilines is 1. The highest BCUT2D eigenvalue weighted by atomic mass is 32.2. The lowest BCUT2D eigenvalue weighted by Crippen LogP contribution is -2.70. The number of hydrogen-bond acceptors (Lipinski definition) is 11. The van der Waals surface area contributed by atoms with E-state index < -0.39 is 47.0 Å². The lowest BCUT2D eigenvalue weighted by atomic mass is 10.0. The molecule has 2 aromatic rings. The van der Waals surface area contributed by atoms with Crippen LogP contribution in [0, 0.1) is 0 Å². The van der Waals surface area contributed by atoms with Gasteiger partial charge in [0.05, 0.1) is 0 Å². The predicted molar refractivity (Wildman–Crippen MR) is 120 cm³/mol. The summed E-state index contributed by atoms with van der Waals surface area (Å²) in [6.07, 6.45) is -0.115. The zero-order valence-corrected chi connectivity index (χ0v) is 18.7. The van der Waals surface area contributed by atoms with E-state index >= 15 is 0 Å². The van der Waals surface area contributed by atoms with Gasteiger partial charge in [0.15, 0.2) is 5.13 Å². The molecule has 3 heterocycles. The van der Waals surface area contributed by atoms with Crippen molar-refractivity contribution in [1.82, 2.24) is 19.6 Å². The molecule has 0 spiro atoms. The summed E-state index contributed by atoms with van der Waals surface area (Å²) in [4.78, 5) is 58.8. The third-order valence-electron chi connectivity index (χ3n) is 4.80. The van der Waals surface area contributed by atoms with Gasteiger partial charge in [-0.25, -0.2) is 9.59 Å². The van der Waals surface area contributed by atoms with Crippen molar-refractivity contribution in [3.05, 3.63) is 53.5 Å². The van der Waals surface area contributed by atoms with Crippen LogP contribution in [0.2, 0.25) is 0 Å². The molecule has 2 unspecified atom stereocenters.